The number of aryl methyl sites for hydroxylation is 1. The van der Waals surface area contributed by atoms with Crippen LogP contribution in [0.3, 0.4) is 0 Å². The molecule has 6 heteroatoms. The van der Waals surface area contributed by atoms with E-state index in [1.165, 1.54) is 18.0 Å². The summed E-state index contributed by atoms with van der Waals surface area (Å²) in [6.07, 6.45) is 3.10. The van der Waals surface area contributed by atoms with Crippen LogP contribution in [0.4, 0.5) is 0 Å². The van der Waals surface area contributed by atoms with Gasteiger partial charge in [0.25, 0.3) is 5.22 Å². The van der Waals surface area contributed by atoms with Crippen LogP contribution in [0.2, 0.25) is 0 Å². The fourth-order valence-electron chi connectivity index (χ4n) is 1.09. The van der Waals surface area contributed by atoms with E-state index in [2.05, 4.69) is 15.0 Å². The molecule has 0 aliphatic carbocycles. The molecular weight excluding hydrogens is 212 g/mol. The van der Waals surface area contributed by atoms with E-state index in [0.29, 0.717) is 16.9 Å². The lowest BCUT2D eigenvalue weighted by molar-refractivity contribution is 0.453. The second-order valence-electron chi connectivity index (χ2n) is 2.89. The Morgan fingerprint density at radius 2 is 2.33 bits per heavy atom. The molecule has 0 aromatic carbocycles. The van der Waals surface area contributed by atoms with Crippen molar-refractivity contribution in [1.29, 1.82) is 0 Å². The zero-order chi connectivity index (χ0) is 10.7. The number of nitrogens with zero attached hydrogens (tertiary/aromatic N) is 3. The first kappa shape index (κ1) is 10.1. The summed E-state index contributed by atoms with van der Waals surface area (Å²) in [4.78, 5) is 12.5. The number of hydrogen-bond acceptors (Lipinski definition) is 6. The maximum Gasteiger partial charge on any atom is 0.263 e. The van der Waals surface area contributed by atoms with E-state index in [9.17, 15) is 0 Å². The van der Waals surface area contributed by atoms with Gasteiger partial charge in [-0.2, -0.15) is 0 Å². The summed E-state index contributed by atoms with van der Waals surface area (Å²) in [7, 11) is 0. The molecule has 2 aromatic rings. The molecule has 2 aromatic heterocycles. The molecule has 0 radical (unpaired) electrons. The van der Waals surface area contributed by atoms with Crippen molar-refractivity contribution >= 4 is 11.8 Å². The van der Waals surface area contributed by atoms with Gasteiger partial charge in [0.15, 0.2) is 5.16 Å². The largest absolute Gasteiger partial charge is 0.440 e. The van der Waals surface area contributed by atoms with Crippen molar-refractivity contribution in [3.63, 3.8) is 0 Å². The molecule has 2 rings (SSSR count). The predicted octanol–water partition coefficient (Wildman–Crippen LogP) is 1.38. The normalized spacial score (nSPS) is 10.5. The average molecular weight is 222 g/mol. The molecule has 0 spiro atoms. The Kier molecular flexibility index (Phi) is 2.98. The molecule has 0 aliphatic heterocycles. The van der Waals surface area contributed by atoms with Crippen molar-refractivity contribution in [2.75, 3.05) is 0 Å². The molecule has 5 nitrogen and oxygen atoms in total. The van der Waals surface area contributed by atoms with Crippen LogP contribution in [-0.2, 0) is 6.54 Å². The minimum absolute atomic E-state index is 0.405. The number of rotatable bonds is 3. The molecule has 0 saturated heterocycles. The highest BCUT2D eigenvalue weighted by Crippen LogP contribution is 2.22. The third kappa shape index (κ3) is 2.54. The Bertz CT molecular complexity index is 443. The highest BCUT2D eigenvalue weighted by atomic mass is 32.2. The zero-order valence-corrected chi connectivity index (χ0v) is 8.99. The summed E-state index contributed by atoms with van der Waals surface area (Å²) in [6.45, 7) is 2.31. The lowest BCUT2D eigenvalue weighted by atomic mass is 10.3. The summed E-state index contributed by atoms with van der Waals surface area (Å²) < 4.78 is 5.09. The first-order chi connectivity index (χ1) is 7.28. The van der Waals surface area contributed by atoms with Crippen LogP contribution >= 0.6 is 11.8 Å². The van der Waals surface area contributed by atoms with Gasteiger partial charge in [0.1, 0.15) is 6.26 Å². The van der Waals surface area contributed by atoms with E-state index < -0.39 is 0 Å². The maximum absolute atomic E-state index is 5.52. The number of nitrogens with two attached hydrogens (primary N) is 1. The van der Waals surface area contributed by atoms with Gasteiger partial charge in [0.05, 0.1) is 11.9 Å². The average Bonchev–Trinajstić information content (AvgIpc) is 2.69. The topological polar surface area (TPSA) is 77.8 Å². The second kappa shape index (κ2) is 4.41. The van der Waals surface area contributed by atoms with Gasteiger partial charge in [-0.05, 0) is 13.0 Å². The summed E-state index contributed by atoms with van der Waals surface area (Å²) in [5, 5.41) is 1.14. The van der Waals surface area contributed by atoms with Gasteiger partial charge in [-0.25, -0.2) is 15.0 Å². The Balaban J connectivity index is 2.24. The van der Waals surface area contributed by atoms with E-state index in [0.717, 1.165) is 11.4 Å². The second-order valence-corrected chi connectivity index (χ2v) is 3.81. The zero-order valence-electron chi connectivity index (χ0n) is 8.17. The molecule has 78 valence electrons. The maximum atomic E-state index is 5.52. The molecule has 2 N–H and O–H groups in total. The minimum atomic E-state index is 0.405. The highest BCUT2D eigenvalue weighted by molar-refractivity contribution is 7.98. The van der Waals surface area contributed by atoms with E-state index in [4.69, 9.17) is 10.2 Å². The van der Waals surface area contributed by atoms with Gasteiger partial charge in [0, 0.05) is 24.0 Å². The van der Waals surface area contributed by atoms with Crippen LogP contribution in [0.15, 0.2) is 33.3 Å². The number of aromatic nitrogens is 3. The third-order valence-corrected chi connectivity index (χ3v) is 2.43. The summed E-state index contributed by atoms with van der Waals surface area (Å²) in [6, 6.07) is 1.86. The monoisotopic (exact) mass is 222 g/mol. The van der Waals surface area contributed by atoms with E-state index in [1.807, 2.05) is 13.0 Å². The molecule has 0 aliphatic rings. The molecule has 0 atom stereocenters. The van der Waals surface area contributed by atoms with Crippen LogP contribution < -0.4 is 5.73 Å². The Morgan fingerprint density at radius 1 is 1.47 bits per heavy atom. The first-order valence-electron chi connectivity index (χ1n) is 4.40. The first-order valence-corrected chi connectivity index (χ1v) is 5.21. The van der Waals surface area contributed by atoms with E-state index >= 15 is 0 Å². The Hall–Kier alpha value is -1.40. The lowest BCUT2D eigenvalue weighted by Gasteiger charge is -2.01. The van der Waals surface area contributed by atoms with Gasteiger partial charge >= 0.3 is 0 Å². The number of hydrogen-bond donors (Lipinski definition) is 1. The quantitative estimate of drug-likeness (QED) is 0.790. The predicted molar refractivity (Wildman–Crippen MR) is 55.3 cm³/mol. The highest BCUT2D eigenvalue weighted by Gasteiger charge is 2.06. The summed E-state index contributed by atoms with van der Waals surface area (Å²) in [5.74, 6) is 0. The van der Waals surface area contributed by atoms with E-state index in [-0.39, 0.29) is 0 Å². The molecule has 0 amide bonds. The van der Waals surface area contributed by atoms with Gasteiger partial charge < -0.3 is 10.2 Å². The van der Waals surface area contributed by atoms with E-state index in [1.54, 1.807) is 6.20 Å². The van der Waals surface area contributed by atoms with Crippen LogP contribution in [0.1, 0.15) is 11.4 Å². The van der Waals surface area contributed by atoms with Crippen LogP contribution in [0.5, 0.6) is 0 Å². The van der Waals surface area contributed by atoms with Crippen molar-refractivity contribution in [1.82, 2.24) is 15.0 Å². The van der Waals surface area contributed by atoms with Gasteiger partial charge in [0.2, 0.25) is 0 Å². The smallest absolute Gasteiger partial charge is 0.263 e. The molecule has 0 saturated carbocycles. The molecule has 0 unspecified atom stereocenters. The van der Waals surface area contributed by atoms with Crippen molar-refractivity contribution in [2.24, 2.45) is 5.73 Å². The minimum Gasteiger partial charge on any atom is -0.440 e. The Labute approximate surface area is 91.1 Å². The molecule has 0 fully saturated rings. The van der Waals surface area contributed by atoms with Gasteiger partial charge in [-0.3, -0.25) is 0 Å². The van der Waals surface area contributed by atoms with Gasteiger partial charge in [-0.15, -0.1) is 0 Å². The molecule has 15 heavy (non-hydrogen) atoms. The number of oxazole rings is 1. The van der Waals surface area contributed by atoms with Crippen molar-refractivity contribution in [3.05, 3.63) is 29.9 Å². The van der Waals surface area contributed by atoms with Crippen molar-refractivity contribution in [2.45, 2.75) is 23.8 Å². The molecule has 2 heterocycles. The standard InChI is InChI=1S/C9H10N4OS/c1-6-4-7(5-10)13-8(12-6)15-9-11-2-3-14-9/h2-4H,5,10H2,1H3. The van der Waals surface area contributed by atoms with Crippen LogP contribution in [0.25, 0.3) is 0 Å². The SMILES string of the molecule is Cc1cc(CN)nc(Sc2ncco2)n1. The van der Waals surface area contributed by atoms with Crippen molar-refractivity contribution < 1.29 is 4.42 Å². The molecular formula is C9H10N4OS. The summed E-state index contributed by atoms with van der Waals surface area (Å²) >= 11 is 1.28. The lowest BCUT2D eigenvalue weighted by Crippen LogP contribution is -2.02. The fourth-order valence-corrected chi connectivity index (χ4v) is 1.82. The van der Waals surface area contributed by atoms with Crippen LogP contribution in [-0.4, -0.2) is 15.0 Å². The van der Waals surface area contributed by atoms with Crippen molar-refractivity contribution in [3.8, 4) is 0 Å². The van der Waals surface area contributed by atoms with Crippen LogP contribution in [0, 0.1) is 6.92 Å². The molecule has 0 bridgehead atoms. The van der Waals surface area contributed by atoms with Gasteiger partial charge in [-0.1, -0.05) is 0 Å². The Morgan fingerprint density at radius 3 is 3.00 bits per heavy atom. The fraction of sp³-hybridized carbons (Fsp3) is 0.222. The summed E-state index contributed by atoms with van der Waals surface area (Å²) in [5.41, 5.74) is 7.23. The third-order valence-electron chi connectivity index (χ3n) is 1.68.